The Kier molecular flexibility index (Phi) is 6.02. The van der Waals surface area contributed by atoms with E-state index in [0.29, 0.717) is 17.8 Å². The van der Waals surface area contributed by atoms with Crippen molar-refractivity contribution in [3.8, 4) is 11.5 Å². The van der Waals surface area contributed by atoms with Crippen LogP contribution in [0, 0.1) is 17.8 Å². The molecule has 1 aromatic rings. The lowest BCUT2D eigenvalue weighted by Gasteiger charge is -2.37. The van der Waals surface area contributed by atoms with Crippen LogP contribution in [0.4, 0.5) is 4.79 Å². The summed E-state index contributed by atoms with van der Waals surface area (Å²) in [6, 6.07) is 5.97. The van der Waals surface area contributed by atoms with E-state index in [9.17, 15) is 4.79 Å². The van der Waals surface area contributed by atoms with E-state index >= 15 is 0 Å². The highest BCUT2D eigenvalue weighted by Crippen LogP contribution is 2.38. The summed E-state index contributed by atoms with van der Waals surface area (Å²) in [4.78, 5) is 12.8. The molecule has 1 heterocycles. The first-order valence-corrected chi connectivity index (χ1v) is 11.1. The van der Waals surface area contributed by atoms with Gasteiger partial charge in [0.05, 0.1) is 6.04 Å². The lowest BCUT2D eigenvalue weighted by Crippen LogP contribution is -2.42. The number of rotatable bonds is 4. The first-order valence-electron chi connectivity index (χ1n) is 11.1. The van der Waals surface area contributed by atoms with Crippen LogP contribution in [-0.4, -0.2) is 25.0 Å². The molecule has 0 aromatic heterocycles. The van der Waals surface area contributed by atoms with E-state index in [1.807, 2.05) is 18.2 Å². The molecule has 2 aliphatic carbocycles. The molecule has 1 aliphatic heterocycles. The predicted octanol–water partition coefficient (Wildman–Crippen LogP) is 5.54. The van der Waals surface area contributed by atoms with Crippen LogP contribution < -0.4 is 14.8 Å². The van der Waals surface area contributed by atoms with Crippen molar-refractivity contribution in [2.24, 2.45) is 17.8 Å². The average molecular weight is 400 g/mol. The molecule has 1 amide bonds. The highest BCUT2D eigenvalue weighted by molar-refractivity contribution is 5.77. The summed E-state index contributed by atoms with van der Waals surface area (Å²) in [5, 5.41) is 3.16. The third-order valence-electron chi connectivity index (χ3n) is 6.65. The molecule has 158 valence electrons. The second kappa shape index (κ2) is 8.68. The van der Waals surface area contributed by atoms with Crippen LogP contribution in [0.1, 0.15) is 64.9 Å². The number of ether oxygens (including phenoxy) is 3. The molecular weight excluding hydrogens is 366 g/mol. The van der Waals surface area contributed by atoms with Gasteiger partial charge in [-0.1, -0.05) is 39.3 Å². The minimum atomic E-state index is -0.284. The molecule has 4 atom stereocenters. The van der Waals surface area contributed by atoms with Gasteiger partial charge >= 0.3 is 6.09 Å². The Labute approximate surface area is 173 Å². The summed E-state index contributed by atoms with van der Waals surface area (Å²) in [7, 11) is 0. The van der Waals surface area contributed by atoms with E-state index in [0.717, 1.165) is 54.7 Å². The normalized spacial score (nSPS) is 28.8. The van der Waals surface area contributed by atoms with Gasteiger partial charge < -0.3 is 19.5 Å². The Balaban J connectivity index is 1.44. The highest BCUT2D eigenvalue weighted by atomic mass is 16.7. The highest BCUT2D eigenvalue weighted by Gasteiger charge is 2.34. The van der Waals surface area contributed by atoms with E-state index in [1.165, 1.54) is 6.42 Å². The lowest BCUT2D eigenvalue weighted by atomic mass is 9.75. The van der Waals surface area contributed by atoms with Gasteiger partial charge in [0.25, 0.3) is 0 Å². The van der Waals surface area contributed by atoms with Gasteiger partial charge in [0.15, 0.2) is 11.5 Å². The monoisotopic (exact) mass is 399 g/mol. The second-order valence-corrected chi connectivity index (χ2v) is 9.13. The number of benzene rings is 1. The van der Waals surface area contributed by atoms with Crippen LogP contribution in [0.25, 0.3) is 5.57 Å². The molecule has 1 N–H and O–H groups in total. The second-order valence-electron chi connectivity index (χ2n) is 9.13. The number of carbonyl (C=O) groups is 1. The fraction of sp³-hybridized carbons (Fsp3) is 0.625. The van der Waals surface area contributed by atoms with Gasteiger partial charge in [-0.3, -0.25) is 0 Å². The molecular formula is C24H33NO4. The molecule has 0 radical (unpaired) electrons. The summed E-state index contributed by atoms with van der Waals surface area (Å²) in [6.07, 6.45) is 8.29. The van der Waals surface area contributed by atoms with Crippen molar-refractivity contribution in [2.45, 2.75) is 71.4 Å². The SMILES string of the molecule is CC(C)[C@@H]1CC[C@@H](C)C[C@H]1OC(=O)N[C@H]1CCCC=C1c1ccc2c(c1)OCO2. The molecule has 4 rings (SSSR count). The standard InChI is InChI=1S/C24H33NO4/c1-15(2)18-10-8-16(3)12-22(18)29-24(26)25-20-7-5-4-6-19(20)17-9-11-21-23(13-17)28-14-27-21/h6,9,11,13,15-16,18,20,22H,4-5,7-8,10,12,14H2,1-3H3,(H,25,26)/t16-,18+,20+,22-/m1/s1. The van der Waals surface area contributed by atoms with E-state index in [-0.39, 0.29) is 25.0 Å². The van der Waals surface area contributed by atoms with E-state index in [2.05, 4.69) is 32.2 Å². The maximum Gasteiger partial charge on any atom is 0.407 e. The summed E-state index contributed by atoms with van der Waals surface area (Å²) in [5.74, 6) is 3.14. The molecule has 5 heteroatoms. The van der Waals surface area contributed by atoms with Crippen molar-refractivity contribution < 1.29 is 19.0 Å². The zero-order valence-electron chi connectivity index (χ0n) is 17.8. The summed E-state index contributed by atoms with van der Waals surface area (Å²) >= 11 is 0. The zero-order chi connectivity index (χ0) is 20.4. The van der Waals surface area contributed by atoms with Crippen LogP contribution in [0.2, 0.25) is 0 Å². The largest absolute Gasteiger partial charge is 0.454 e. The van der Waals surface area contributed by atoms with Crippen LogP contribution in [0.3, 0.4) is 0 Å². The van der Waals surface area contributed by atoms with Gasteiger partial charge in [0.1, 0.15) is 6.10 Å². The number of carbonyl (C=O) groups excluding carboxylic acids is 1. The minimum absolute atomic E-state index is 0.0142. The van der Waals surface area contributed by atoms with Gasteiger partial charge in [-0.2, -0.15) is 0 Å². The number of amides is 1. The average Bonchev–Trinajstić information content (AvgIpc) is 3.16. The Morgan fingerprint density at radius 2 is 2.00 bits per heavy atom. The van der Waals surface area contributed by atoms with Gasteiger partial charge in [-0.25, -0.2) is 4.79 Å². The molecule has 29 heavy (non-hydrogen) atoms. The number of allylic oxidation sites excluding steroid dienone is 1. The lowest BCUT2D eigenvalue weighted by molar-refractivity contribution is 0.00549. The number of hydrogen-bond acceptors (Lipinski definition) is 4. The predicted molar refractivity (Wildman–Crippen MR) is 113 cm³/mol. The number of hydrogen-bond donors (Lipinski definition) is 1. The Bertz CT molecular complexity index is 772. The van der Waals surface area contributed by atoms with E-state index < -0.39 is 0 Å². The molecule has 0 unspecified atom stereocenters. The Morgan fingerprint density at radius 1 is 1.17 bits per heavy atom. The molecule has 1 saturated carbocycles. The number of alkyl carbamates (subject to hydrolysis) is 1. The smallest absolute Gasteiger partial charge is 0.407 e. The van der Waals surface area contributed by atoms with Crippen LogP contribution in [0.5, 0.6) is 11.5 Å². The van der Waals surface area contributed by atoms with E-state index in [1.54, 1.807) is 0 Å². The molecule has 5 nitrogen and oxygen atoms in total. The zero-order valence-corrected chi connectivity index (χ0v) is 17.8. The van der Waals surface area contributed by atoms with Gasteiger partial charge in [-0.05, 0) is 73.1 Å². The van der Waals surface area contributed by atoms with Crippen molar-refractivity contribution >= 4 is 11.7 Å². The molecule has 0 spiro atoms. The molecule has 0 saturated heterocycles. The molecule has 1 fully saturated rings. The Hall–Kier alpha value is -2.17. The van der Waals surface area contributed by atoms with Crippen molar-refractivity contribution in [3.05, 3.63) is 29.8 Å². The van der Waals surface area contributed by atoms with E-state index in [4.69, 9.17) is 14.2 Å². The van der Waals surface area contributed by atoms with Crippen molar-refractivity contribution in [3.63, 3.8) is 0 Å². The molecule has 1 aromatic carbocycles. The third kappa shape index (κ3) is 4.54. The first kappa shape index (κ1) is 20.1. The third-order valence-corrected chi connectivity index (χ3v) is 6.65. The fourth-order valence-electron chi connectivity index (χ4n) is 4.99. The molecule has 3 aliphatic rings. The van der Waals surface area contributed by atoms with Gasteiger partial charge in [-0.15, -0.1) is 0 Å². The molecule has 0 bridgehead atoms. The van der Waals surface area contributed by atoms with Crippen molar-refractivity contribution in [2.75, 3.05) is 6.79 Å². The summed E-state index contributed by atoms with van der Waals surface area (Å²) in [5.41, 5.74) is 2.22. The van der Waals surface area contributed by atoms with Crippen molar-refractivity contribution in [1.82, 2.24) is 5.32 Å². The first-order chi connectivity index (χ1) is 14.0. The minimum Gasteiger partial charge on any atom is -0.454 e. The van der Waals surface area contributed by atoms with Crippen LogP contribution >= 0.6 is 0 Å². The van der Waals surface area contributed by atoms with Crippen LogP contribution in [0.15, 0.2) is 24.3 Å². The topological polar surface area (TPSA) is 56.8 Å². The van der Waals surface area contributed by atoms with Gasteiger partial charge in [0.2, 0.25) is 6.79 Å². The fourth-order valence-corrected chi connectivity index (χ4v) is 4.99. The Morgan fingerprint density at radius 3 is 2.83 bits per heavy atom. The maximum absolute atomic E-state index is 12.8. The summed E-state index contributed by atoms with van der Waals surface area (Å²) < 4.78 is 16.9. The maximum atomic E-state index is 12.8. The quantitative estimate of drug-likeness (QED) is 0.722. The van der Waals surface area contributed by atoms with Crippen molar-refractivity contribution in [1.29, 1.82) is 0 Å². The van der Waals surface area contributed by atoms with Crippen LogP contribution in [-0.2, 0) is 4.74 Å². The summed E-state index contributed by atoms with van der Waals surface area (Å²) in [6.45, 7) is 6.99. The number of fused-ring (bicyclic) bond motifs is 1. The van der Waals surface area contributed by atoms with Gasteiger partial charge in [0, 0.05) is 0 Å². The number of nitrogens with one attached hydrogen (secondary N) is 1.